The van der Waals surface area contributed by atoms with Crippen molar-refractivity contribution in [3.63, 3.8) is 0 Å². The highest BCUT2D eigenvalue weighted by Crippen LogP contribution is 2.50. The monoisotopic (exact) mass is 530 g/mol. The van der Waals surface area contributed by atoms with Crippen LogP contribution in [0.1, 0.15) is 40.6 Å². The van der Waals surface area contributed by atoms with E-state index >= 15 is 0 Å². The van der Waals surface area contributed by atoms with Crippen molar-refractivity contribution < 1.29 is 22.6 Å². The minimum Gasteiger partial charge on any atom is -0.495 e. The molecule has 5 rings (SSSR count). The minimum absolute atomic E-state index is 0.107. The number of nitrogens with zero attached hydrogens (tertiary/aromatic N) is 4. The predicted octanol–water partition coefficient (Wildman–Crippen LogP) is 5.51. The van der Waals surface area contributed by atoms with E-state index in [0.29, 0.717) is 23.1 Å². The van der Waals surface area contributed by atoms with Gasteiger partial charge in [-0.3, -0.25) is 0 Å². The Morgan fingerprint density at radius 3 is 2.43 bits per heavy atom. The van der Waals surface area contributed by atoms with E-state index in [0.717, 1.165) is 28.1 Å². The van der Waals surface area contributed by atoms with Gasteiger partial charge >= 0.3 is 6.36 Å². The molecule has 12 heteroatoms. The van der Waals surface area contributed by atoms with E-state index in [2.05, 4.69) is 25.0 Å². The first-order valence-electron chi connectivity index (χ1n) is 11.3. The van der Waals surface area contributed by atoms with Gasteiger partial charge < -0.3 is 25.1 Å². The number of hydrogen-bond acceptors (Lipinski definition) is 7. The lowest BCUT2D eigenvalue weighted by molar-refractivity contribution is -0.274. The van der Waals surface area contributed by atoms with Crippen molar-refractivity contribution in [1.82, 2.24) is 19.5 Å². The first kappa shape index (κ1) is 24.7. The number of nitrogens with two attached hydrogens (primary N) is 1. The van der Waals surface area contributed by atoms with Crippen LogP contribution in [0.4, 0.5) is 24.9 Å². The van der Waals surface area contributed by atoms with Gasteiger partial charge in [-0.25, -0.2) is 9.97 Å². The molecule has 37 heavy (non-hydrogen) atoms. The number of methoxy groups -OCH3 is 1. The number of rotatable bonds is 6. The van der Waals surface area contributed by atoms with E-state index in [1.165, 1.54) is 12.1 Å². The van der Waals surface area contributed by atoms with Crippen molar-refractivity contribution in [2.45, 2.75) is 24.6 Å². The van der Waals surface area contributed by atoms with Crippen LogP contribution in [0.15, 0.2) is 55.0 Å². The predicted molar refractivity (Wildman–Crippen MR) is 133 cm³/mol. The molecule has 0 spiro atoms. The second-order valence-corrected chi connectivity index (χ2v) is 8.86. The average molecular weight is 531 g/mol. The van der Waals surface area contributed by atoms with E-state index in [-0.39, 0.29) is 23.5 Å². The normalized spacial score (nSPS) is 16.9. The third-order valence-corrected chi connectivity index (χ3v) is 6.53. The summed E-state index contributed by atoms with van der Waals surface area (Å²) < 4.78 is 49.3. The standard InChI is InChI=1S/C25H22ClF3N6O2/c1-31-23-21-16(14-5-8-18(19(9-14)36-2)35-11-20(26)32-12-35)10-17(22(21)33-24(30)34-23)13-3-6-15(7-4-13)37-25(27,28)29/h3-9,11-12,16-17H,10H2,1-2H3,(H3,30,31,33,34). The van der Waals surface area contributed by atoms with Gasteiger partial charge in [0.15, 0.2) is 0 Å². The first-order chi connectivity index (χ1) is 17.7. The zero-order valence-electron chi connectivity index (χ0n) is 19.8. The Labute approximate surface area is 215 Å². The molecule has 1 aliphatic rings. The molecule has 2 heterocycles. The maximum atomic E-state index is 12.6. The summed E-state index contributed by atoms with van der Waals surface area (Å²) >= 11 is 5.99. The number of halogens is 4. The van der Waals surface area contributed by atoms with E-state index < -0.39 is 6.36 Å². The molecule has 3 N–H and O–H groups in total. The highest BCUT2D eigenvalue weighted by molar-refractivity contribution is 6.29. The molecule has 0 aliphatic heterocycles. The van der Waals surface area contributed by atoms with Gasteiger partial charge in [0, 0.05) is 30.6 Å². The Morgan fingerprint density at radius 2 is 1.81 bits per heavy atom. The van der Waals surface area contributed by atoms with Crippen LogP contribution in [0.2, 0.25) is 5.15 Å². The fraction of sp³-hybridized carbons (Fsp3) is 0.240. The number of fused-ring (bicyclic) bond motifs is 1. The van der Waals surface area contributed by atoms with Gasteiger partial charge in [0.25, 0.3) is 0 Å². The SMILES string of the molecule is CNc1nc(N)nc2c1C(c1ccc(-n3cnc(Cl)c3)c(OC)c1)CC2c1ccc(OC(F)(F)F)cc1. The number of nitrogen functional groups attached to an aromatic ring is 1. The van der Waals surface area contributed by atoms with Gasteiger partial charge in [0.2, 0.25) is 5.95 Å². The second kappa shape index (κ2) is 9.47. The largest absolute Gasteiger partial charge is 0.573 e. The molecule has 0 amide bonds. The number of imidazole rings is 1. The fourth-order valence-corrected chi connectivity index (χ4v) is 4.97. The number of anilines is 2. The molecule has 2 aromatic heterocycles. The molecule has 4 aromatic rings. The minimum atomic E-state index is -4.76. The number of nitrogens with one attached hydrogen (secondary N) is 1. The molecule has 192 valence electrons. The first-order valence-corrected chi connectivity index (χ1v) is 11.6. The summed E-state index contributed by atoms with van der Waals surface area (Å²) in [6, 6.07) is 11.7. The Balaban J connectivity index is 1.56. The Morgan fingerprint density at radius 1 is 1.08 bits per heavy atom. The van der Waals surface area contributed by atoms with Crippen molar-refractivity contribution in [1.29, 1.82) is 0 Å². The highest BCUT2D eigenvalue weighted by atomic mass is 35.5. The highest BCUT2D eigenvalue weighted by Gasteiger charge is 2.38. The molecule has 1 aliphatic carbocycles. The number of aromatic nitrogens is 4. The zero-order chi connectivity index (χ0) is 26.3. The lowest BCUT2D eigenvalue weighted by Gasteiger charge is -2.18. The maximum Gasteiger partial charge on any atom is 0.573 e. The van der Waals surface area contributed by atoms with Crippen molar-refractivity contribution in [3.8, 4) is 17.2 Å². The van der Waals surface area contributed by atoms with Gasteiger partial charge in [-0.1, -0.05) is 29.8 Å². The summed E-state index contributed by atoms with van der Waals surface area (Å²) in [7, 11) is 3.34. The number of hydrogen-bond donors (Lipinski definition) is 2. The molecule has 0 saturated carbocycles. The molecular weight excluding hydrogens is 509 g/mol. The second-order valence-electron chi connectivity index (χ2n) is 8.47. The smallest absolute Gasteiger partial charge is 0.495 e. The molecule has 0 bridgehead atoms. The maximum absolute atomic E-state index is 12.6. The molecular formula is C25H22ClF3N6O2. The molecule has 2 unspecified atom stereocenters. The fourth-order valence-electron chi connectivity index (χ4n) is 4.82. The molecule has 2 aromatic carbocycles. The Bertz CT molecular complexity index is 1440. The summed E-state index contributed by atoms with van der Waals surface area (Å²) in [6.45, 7) is 0. The summed E-state index contributed by atoms with van der Waals surface area (Å²) in [5, 5.41) is 3.47. The van der Waals surface area contributed by atoms with Crippen LogP contribution in [0.5, 0.6) is 11.5 Å². The average Bonchev–Trinajstić information content (AvgIpc) is 3.46. The van der Waals surface area contributed by atoms with Crippen LogP contribution in [0.25, 0.3) is 5.69 Å². The van der Waals surface area contributed by atoms with Crippen LogP contribution in [0, 0.1) is 0 Å². The summed E-state index contributed by atoms with van der Waals surface area (Å²) in [6.07, 6.45) is -0.880. The van der Waals surface area contributed by atoms with E-state index in [9.17, 15) is 13.2 Å². The van der Waals surface area contributed by atoms with Gasteiger partial charge in [0.1, 0.15) is 28.8 Å². The molecule has 0 radical (unpaired) electrons. The number of benzene rings is 2. The van der Waals surface area contributed by atoms with Gasteiger partial charge in [-0.2, -0.15) is 4.98 Å². The molecule has 8 nitrogen and oxygen atoms in total. The number of alkyl halides is 3. The van der Waals surface area contributed by atoms with E-state index in [1.54, 1.807) is 43.4 Å². The van der Waals surface area contributed by atoms with Gasteiger partial charge in [-0.15, -0.1) is 13.2 Å². The van der Waals surface area contributed by atoms with Crippen LogP contribution in [-0.4, -0.2) is 40.0 Å². The van der Waals surface area contributed by atoms with Crippen molar-refractivity contribution >= 4 is 23.4 Å². The third kappa shape index (κ3) is 4.86. The zero-order valence-corrected chi connectivity index (χ0v) is 20.5. The number of ether oxygens (including phenoxy) is 2. The van der Waals surface area contributed by atoms with Crippen LogP contribution in [-0.2, 0) is 0 Å². The van der Waals surface area contributed by atoms with E-state index in [1.807, 2.05) is 18.2 Å². The molecule has 0 saturated heterocycles. The quantitative estimate of drug-likeness (QED) is 0.339. The van der Waals surface area contributed by atoms with Crippen LogP contribution in [0.3, 0.4) is 0 Å². The van der Waals surface area contributed by atoms with Gasteiger partial charge in [0.05, 0.1) is 18.5 Å². The Hall–Kier alpha value is -3.99. The summed E-state index contributed by atoms with van der Waals surface area (Å²) in [5.74, 6) is 0.669. The van der Waals surface area contributed by atoms with Gasteiger partial charge in [-0.05, 0) is 41.8 Å². The topological polar surface area (TPSA) is 100 Å². The summed E-state index contributed by atoms with van der Waals surface area (Å²) in [5.41, 5.74) is 10.1. The lowest BCUT2D eigenvalue weighted by atomic mass is 9.90. The Kier molecular flexibility index (Phi) is 6.32. The van der Waals surface area contributed by atoms with Crippen molar-refractivity contribution in [3.05, 3.63) is 82.5 Å². The molecule has 2 atom stereocenters. The third-order valence-electron chi connectivity index (χ3n) is 6.33. The van der Waals surface area contributed by atoms with Crippen molar-refractivity contribution in [2.75, 3.05) is 25.2 Å². The van der Waals surface area contributed by atoms with E-state index in [4.69, 9.17) is 22.1 Å². The van der Waals surface area contributed by atoms with Crippen molar-refractivity contribution in [2.24, 2.45) is 0 Å². The van der Waals surface area contributed by atoms with Crippen LogP contribution >= 0.6 is 11.6 Å². The molecule has 0 fully saturated rings. The lowest BCUT2D eigenvalue weighted by Crippen LogP contribution is -2.17. The summed E-state index contributed by atoms with van der Waals surface area (Å²) in [4.78, 5) is 13.0. The van der Waals surface area contributed by atoms with Crippen LogP contribution < -0.4 is 20.5 Å².